The summed E-state index contributed by atoms with van der Waals surface area (Å²) in [5, 5.41) is 0.378. The van der Waals surface area contributed by atoms with Crippen molar-refractivity contribution in [3.05, 3.63) is 33.3 Å². The summed E-state index contributed by atoms with van der Waals surface area (Å²) in [4.78, 5) is 5.44. The number of aromatic nitrogens is 1. The zero-order valence-corrected chi connectivity index (χ0v) is 14.4. The fourth-order valence-corrected chi connectivity index (χ4v) is 4.81. The Kier molecular flexibility index (Phi) is 3.99. The minimum absolute atomic E-state index is 0.233. The minimum atomic E-state index is -3.70. The van der Waals surface area contributed by atoms with Gasteiger partial charge in [0.25, 0.3) is 10.0 Å². The fourth-order valence-electron chi connectivity index (χ4n) is 2.28. The van der Waals surface area contributed by atoms with Gasteiger partial charge in [0.2, 0.25) is 0 Å². The van der Waals surface area contributed by atoms with Gasteiger partial charge in [-0.3, -0.25) is 4.72 Å². The Morgan fingerprint density at radius 3 is 2.29 bits per heavy atom. The Bertz CT molecular complexity index is 789. The van der Waals surface area contributed by atoms with E-state index in [0.717, 1.165) is 16.1 Å². The molecule has 2 aromatic rings. The fraction of sp³-hybridized carbons (Fsp3) is 0.357. The van der Waals surface area contributed by atoms with Crippen molar-refractivity contribution < 1.29 is 8.42 Å². The first-order chi connectivity index (χ1) is 9.63. The molecule has 0 amide bonds. The van der Waals surface area contributed by atoms with Crippen LogP contribution in [0.3, 0.4) is 0 Å². The Balaban J connectivity index is 2.52. The smallest absolute Gasteiger partial charge is 0.264 e. The van der Waals surface area contributed by atoms with Gasteiger partial charge in [-0.15, -0.1) is 11.3 Å². The van der Waals surface area contributed by atoms with Gasteiger partial charge in [-0.25, -0.2) is 13.4 Å². The predicted octanol–water partition coefficient (Wildman–Crippen LogP) is 3.07. The van der Waals surface area contributed by atoms with Gasteiger partial charge < -0.3 is 5.73 Å². The number of sulfonamides is 1. The number of nitrogen functional groups attached to an aromatic ring is 1. The normalized spacial score (nSPS) is 11.7. The Morgan fingerprint density at radius 1 is 1.14 bits per heavy atom. The molecule has 0 radical (unpaired) electrons. The first kappa shape index (κ1) is 15.8. The number of nitrogens with one attached hydrogen (secondary N) is 1. The Labute approximate surface area is 129 Å². The molecule has 1 aromatic carbocycles. The molecule has 0 unspecified atom stereocenters. The van der Waals surface area contributed by atoms with E-state index in [9.17, 15) is 8.42 Å². The van der Waals surface area contributed by atoms with E-state index in [1.54, 1.807) is 19.9 Å². The van der Waals surface area contributed by atoms with Crippen molar-refractivity contribution in [2.45, 2.75) is 39.5 Å². The molecule has 1 aromatic heterocycles. The second-order valence-electron chi connectivity index (χ2n) is 5.14. The molecule has 5 nitrogen and oxygen atoms in total. The van der Waals surface area contributed by atoms with Gasteiger partial charge in [0.15, 0.2) is 5.13 Å². The molecule has 3 N–H and O–H groups in total. The van der Waals surface area contributed by atoms with Crippen LogP contribution < -0.4 is 10.5 Å². The van der Waals surface area contributed by atoms with E-state index in [2.05, 4.69) is 9.71 Å². The van der Waals surface area contributed by atoms with Crippen LogP contribution in [0.2, 0.25) is 0 Å². The van der Waals surface area contributed by atoms with Gasteiger partial charge >= 0.3 is 0 Å². The number of hydrogen-bond acceptors (Lipinski definition) is 5. The average molecular weight is 325 g/mol. The minimum Gasteiger partial charge on any atom is -0.398 e. The first-order valence-corrected chi connectivity index (χ1v) is 8.76. The lowest BCUT2D eigenvalue weighted by molar-refractivity contribution is 0.600. The molecule has 1 heterocycles. The van der Waals surface area contributed by atoms with Gasteiger partial charge in [-0.1, -0.05) is 6.07 Å². The molecule has 0 bridgehead atoms. The highest BCUT2D eigenvalue weighted by atomic mass is 32.2. The summed E-state index contributed by atoms with van der Waals surface area (Å²) >= 11 is 1.32. The van der Waals surface area contributed by atoms with Crippen molar-refractivity contribution in [2.24, 2.45) is 0 Å². The number of nitrogens with two attached hydrogens (primary N) is 1. The van der Waals surface area contributed by atoms with Crippen molar-refractivity contribution >= 4 is 32.2 Å². The molecule has 0 aliphatic rings. The summed E-state index contributed by atoms with van der Waals surface area (Å²) < 4.78 is 27.8. The number of anilines is 2. The molecule has 0 aliphatic carbocycles. The van der Waals surface area contributed by atoms with Gasteiger partial charge in [-0.2, -0.15) is 0 Å². The molecule has 0 atom stereocenters. The largest absolute Gasteiger partial charge is 0.398 e. The molecule has 0 saturated carbocycles. The van der Waals surface area contributed by atoms with Gasteiger partial charge in [-0.05, 0) is 51.3 Å². The maximum atomic E-state index is 12.6. The second kappa shape index (κ2) is 5.31. The lowest BCUT2D eigenvalue weighted by Gasteiger charge is -2.15. The lowest BCUT2D eigenvalue weighted by Crippen LogP contribution is -2.17. The average Bonchev–Trinajstić information content (AvgIpc) is 2.64. The maximum absolute atomic E-state index is 12.6. The van der Waals surface area contributed by atoms with Crippen molar-refractivity contribution in [2.75, 3.05) is 10.5 Å². The molecule has 2 rings (SSSR count). The molecule has 0 saturated heterocycles. The highest BCUT2D eigenvalue weighted by molar-refractivity contribution is 7.93. The second-order valence-corrected chi connectivity index (χ2v) is 7.97. The van der Waals surface area contributed by atoms with Crippen molar-refractivity contribution in [1.82, 2.24) is 4.98 Å². The predicted molar refractivity (Wildman–Crippen MR) is 87.5 cm³/mol. The number of thiazole rings is 1. The number of benzene rings is 1. The van der Waals surface area contributed by atoms with Crippen LogP contribution in [0.25, 0.3) is 0 Å². The van der Waals surface area contributed by atoms with Crippen molar-refractivity contribution in [3.63, 3.8) is 0 Å². The van der Waals surface area contributed by atoms with Crippen LogP contribution in [0.4, 0.5) is 10.8 Å². The molecular weight excluding hydrogens is 306 g/mol. The lowest BCUT2D eigenvalue weighted by atomic mass is 10.1. The summed E-state index contributed by atoms with van der Waals surface area (Å²) in [5.74, 6) is 0. The summed E-state index contributed by atoms with van der Waals surface area (Å²) in [6.07, 6.45) is 0. The van der Waals surface area contributed by atoms with Crippen LogP contribution in [-0.2, 0) is 10.0 Å². The summed E-state index contributed by atoms with van der Waals surface area (Å²) in [5.41, 5.74) is 9.43. The van der Waals surface area contributed by atoms with Crippen LogP contribution in [0, 0.1) is 34.6 Å². The maximum Gasteiger partial charge on any atom is 0.264 e. The van der Waals surface area contributed by atoms with Crippen molar-refractivity contribution in [3.8, 4) is 0 Å². The van der Waals surface area contributed by atoms with Crippen LogP contribution in [-0.4, -0.2) is 13.4 Å². The Hall–Kier alpha value is -1.60. The third-order valence-electron chi connectivity index (χ3n) is 3.48. The zero-order chi connectivity index (χ0) is 15.9. The summed E-state index contributed by atoms with van der Waals surface area (Å²) in [6.45, 7) is 9.12. The van der Waals surface area contributed by atoms with Gasteiger partial charge in [0.05, 0.1) is 10.6 Å². The number of hydrogen-bond donors (Lipinski definition) is 2. The SMILES string of the molecule is Cc1cc(C)c(S(=O)(=O)Nc2nc(C)c(C)s2)c(C)c1N. The van der Waals surface area contributed by atoms with Crippen LogP contribution in [0.15, 0.2) is 11.0 Å². The topological polar surface area (TPSA) is 85.1 Å². The van der Waals surface area contributed by atoms with E-state index in [0.29, 0.717) is 21.9 Å². The van der Waals surface area contributed by atoms with E-state index >= 15 is 0 Å². The monoisotopic (exact) mass is 325 g/mol. The van der Waals surface area contributed by atoms with Crippen LogP contribution in [0.1, 0.15) is 27.3 Å². The summed E-state index contributed by atoms with van der Waals surface area (Å²) in [7, 11) is -3.70. The van der Waals surface area contributed by atoms with E-state index in [4.69, 9.17) is 5.73 Å². The number of rotatable bonds is 3. The van der Waals surface area contributed by atoms with E-state index in [1.165, 1.54) is 11.3 Å². The molecule has 0 fully saturated rings. The van der Waals surface area contributed by atoms with Gasteiger partial charge in [0.1, 0.15) is 0 Å². The third-order valence-corrected chi connectivity index (χ3v) is 6.22. The standard InChI is InChI=1S/C14H19N3O2S2/c1-7-6-8(2)13(9(3)12(7)15)21(18,19)17-14-16-10(4)11(5)20-14/h6H,15H2,1-5H3,(H,16,17). The first-order valence-electron chi connectivity index (χ1n) is 6.46. The molecular formula is C14H19N3O2S2. The van der Waals surface area contributed by atoms with Crippen molar-refractivity contribution in [1.29, 1.82) is 0 Å². The quantitative estimate of drug-likeness (QED) is 0.849. The number of aryl methyl sites for hydroxylation is 4. The molecule has 21 heavy (non-hydrogen) atoms. The van der Waals surface area contributed by atoms with E-state index in [-0.39, 0.29) is 4.90 Å². The van der Waals surface area contributed by atoms with Gasteiger partial charge in [0, 0.05) is 10.6 Å². The highest BCUT2D eigenvalue weighted by Crippen LogP contribution is 2.30. The third kappa shape index (κ3) is 2.89. The molecule has 114 valence electrons. The van der Waals surface area contributed by atoms with Crippen LogP contribution >= 0.6 is 11.3 Å². The van der Waals surface area contributed by atoms with Crippen LogP contribution in [0.5, 0.6) is 0 Å². The van der Waals surface area contributed by atoms with E-state index < -0.39 is 10.0 Å². The van der Waals surface area contributed by atoms with E-state index in [1.807, 2.05) is 20.8 Å². The Morgan fingerprint density at radius 2 is 1.76 bits per heavy atom. The molecule has 7 heteroatoms. The summed E-state index contributed by atoms with van der Waals surface area (Å²) in [6, 6.07) is 1.79. The molecule has 0 aliphatic heterocycles. The zero-order valence-electron chi connectivity index (χ0n) is 12.7. The molecule has 0 spiro atoms. The number of nitrogens with zero attached hydrogens (tertiary/aromatic N) is 1. The highest BCUT2D eigenvalue weighted by Gasteiger charge is 2.23.